The summed E-state index contributed by atoms with van der Waals surface area (Å²) >= 11 is 0. The number of carbonyl (C=O) groups excluding carboxylic acids is 1. The lowest BCUT2D eigenvalue weighted by molar-refractivity contribution is -0.130. The average Bonchev–Trinajstić information content (AvgIpc) is 3.10. The Morgan fingerprint density at radius 2 is 1.84 bits per heavy atom. The van der Waals surface area contributed by atoms with Crippen LogP contribution in [-0.2, 0) is 11.2 Å². The van der Waals surface area contributed by atoms with Crippen molar-refractivity contribution in [3.8, 4) is 11.1 Å². The topological polar surface area (TPSA) is 41.1 Å². The van der Waals surface area contributed by atoms with E-state index in [-0.39, 0.29) is 11.3 Å². The minimum absolute atomic E-state index is 0.189. The first-order valence-corrected chi connectivity index (χ1v) is 9.23. The first-order valence-electron chi connectivity index (χ1n) is 9.23. The van der Waals surface area contributed by atoms with Gasteiger partial charge in [-0.15, -0.1) is 0 Å². The summed E-state index contributed by atoms with van der Waals surface area (Å²) in [6.45, 7) is 6.65. The van der Waals surface area contributed by atoms with Gasteiger partial charge in [0.25, 0.3) is 0 Å². The zero-order chi connectivity index (χ0) is 17.7. The molecule has 1 aliphatic rings. The molecule has 0 bridgehead atoms. The Kier molecular flexibility index (Phi) is 5.54. The molecule has 132 valence electrons. The summed E-state index contributed by atoms with van der Waals surface area (Å²) in [7, 11) is 0. The summed E-state index contributed by atoms with van der Waals surface area (Å²) in [6.07, 6.45) is 1.66. The minimum Gasteiger partial charge on any atom is -0.355 e. The van der Waals surface area contributed by atoms with Crippen molar-refractivity contribution < 1.29 is 4.79 Å². The first-order chi connectivity index (χ1) is 12.1. The van der Waals surface area contributed by atoms with Crippen molar-refractivity contribution in [3.63, 3.8) is 0 Å². The van der Waals surface area contributed by atoms with Crippen LogP contribution in [0.2, 0.25) is 0 Å². The first kappa shape index (κ1) is 17.7. The third-order valence-electron chi connectivity index (χ3n) is 5.03. The van der Waals surface area contributed by atoms with Crippen LogP contribution in [0.1, 0.15) is 25.8 Å². The molecule has 3 nitrogen and oxygen atoms in total. The van der Waals surface area contributed by atoms with Crippen molar-refractivity contribution in [2.45, 2.75) is 26.7 Å². The normalized spacial score (nSPS) is 20.0. The molecule has 0 spiro atoms. The van der Waals surface area contributed by atoms with Crippen molar-refractivity contribution in [2.75, 3.05) is 19.6 Å². The van der Waals surface area contributed by atoms with Gasteiger partial charge in [0.2, 0.25) is 5.91 Å². The zero-order valence-electron chi connectivity index (χ0n) is 15.2. The Hall–Kier alpha value is -2.13. The van der Waals surface area contributed by atoms with Gasteiger partial charge in [-0.05, 0) is 42.0 Å². The van der Waals surface area contributed by atoms with Crippen LogP contribution in [0.25, 0.3) is 11.1 Å². The van der Waals surface area contributed by atoms with E-state index in [1.165, 1.54) is 16.7 Å². The Bertz CT molecular complexity index is 703. The molecule has 0 saturated carbocycles. The second kappa shape index (κ2) is 7.83. The number of rotatable bonds is 6. The van der Waals surface area contributed by atoms with Crippen molar-refractivity contribution in [1.82, 2.24) is 10.6 Å². The highest BCUT2D eigenvalue weighted by atomic mass is 16.2. The van der Waals surface area contributed by atoms with Crippen molar-refractivity contribution in [3.05, 3.63) is 60.2 Å². The summed E-state index contributed by atoms with van der Waals surface area (Å²) < 4.78 is 0. The van der Waals surface area contributed by atoms with Gasteiger partial charge in [0, 0.05) is 13.1 Å². The number of nitrogens with one attached hydrogen (secondary N) is 2. The molecule has 1 amide bonds. The molecule has 1 fully saturated rings. The molecule has 1 saturated heterocycles. The molecule has 1 heterocycles. The smallest absolute Gasteiger partial charge is 0.227 e. The number of benzene rings is 2. The fraction of sp³-hybridized carbons (Fsp3) is 0.409. The van der Waals surface area contributed by atoms with Gasteiger partial charge in [-0.3, -0.25) is 4.79 Å². The summed E-state index contributed by atoms with van der Waals surface area (Å²) in [5, 5.41) is 6.57. The third kappa shape index (κ3) is 4.10. The number of hydrogen-bond acceptors (Lipinski definition) is 2. The SMILES string of the molecule is CC(C)CNC(=O)C1(Cc2ccccc2-c2ccccc2)CCNC1. The predicted molar refractivity (Wildman–Crippen MR) is 103 cm³/mol. The van der Waals surface area contributed by atoms with Gasteiger partial charge in [-0.25, -0.2) is 0 Å². The van der Waals surface area contributed by atoms with E-state index in [0.717, 1.165) is 32.5 Å². The summed E-state index contributed by atoms with van der Waals surface area (Å²) in [6, 6.07) is 18.9. The summed E-state index contributed by atoms with van der Waals surface area (Å²) in [5.41, 5.74) is 3.34. The van der Waals surface area contributed by atoms with Crippen molar-refractivity contribution >= 4 is 5.91 Å². The van der Waals surface area contributed by atoms with E-state index >= 15 is 0 Å². The molecule has 0 radical (unpaired) electrons. The second-order valence-corrected chi connectivity index (χ2v) is 7.51. The van der Waals surface area contributed by atoms with Crippen LogP contribution < -0.4 is 10.6 Å². The lowest BCUT2D eigenvalue weighted by Crippen LogP contribution is -2.45. The highest BCUT2D eigenvalue weighted by Crippen LogP contribution is 2.34. The monoisotopic (exact) mass is 336 g/mol. The Labute approximate surface area is 150 Å². The fourth-order valence-electron chi connectivity index (χ4n) is 3.59. The lowest BCUT2D eigenvalue weighted by Gasteiger charge is -2.28. The lowest BCUT2D eigenvalue weighted by atomic mass is 9.78. The van der Waals surface area contributed by atoms with Crippen LogP contribution in [0.4, 0.5) is 0 Å². The number of amides is 1. The molecule has 1 aliphatic heterocycles. The quantitative estimate of drug-likeness (QED) is 0.845. The Morgan fingerprint density at radius 3 is 2.52 bits per heavy atom. The standard InChI is InChI=1S/C22H28N2O/c1-17(2)15-24-21(25)22(12-13-23-16-22)14-19-10-6-7-11-20(19)18-8-4-3-5-9-18/h3-11,17,23H,12-16H2,1-2H3,(H,24,25). The molecular weight excluding hydrogens is 308 g/mol. The highest BCUT2D eigenvalue weighted by Gasteiger charge is 2.41. The maximum absolute atomic E-state index is 13.0. The highest BCUT2D eigenvalue weighted by molar-refractivity contribution is 5.84. The van der Waals surface area contributed by atoms with Crippen LogP contribution in [-0.4, -0.2) is 25.5 Å². The maximum atomic E-state index is 13.0. The molecule has 3 heteroatoms. The van der Waals surface area contributed by atoms with E-state index in [4.69, 9.17) is 0 Å². The summed E-state index contributed by atoms with van der Waals surface area (Å²) in [5.74, 6) is 0.654. The van der Waals surface area contributed by atoms with Crippen molar-refractivity contribution in [2.24, 2.45) is 11.3 Å². The average molecular weight is 336 g/mol. The minimum atomic E-state index is -0.347. The van der Waals surface area contributed by atoms with Crippen LogP contribution in [0.5, 0.6) is 0 Å². The number of hydrogen-bond donors (Lipinski definition) is 2. The molecule has 3 rings (SSSR count). The zero-order valence-corrected chi connectivity index (χ0v) is 15.2. The van der Waals surface area contributed by atoms with Crippen molar-refractivity contribution in [1.29, 1.82) is 0 Å². The van der Waals surface area contributed by atoms with Gasteiger partial charge in [-0.2, -0.15) is 0 Å². The fourth-order valence-corrected chi connectivity index (χ4v) is 3.59. The van der Waals surface area contributed by atoms with Crippen LogP contribution >= 0.6 is 0 Å². The second-order valence-electron chi connectivity index (χ2n) is 7.51. The van der Waals surface area contributed by atoms with Crippen LogP contribution in [0, 0.1) is 11.3 Å². The van der Waals surface area contributed by atoms with Gasteiger partial charge in [0.05, 0.1) is 5.41 Å². The largest absolute Gasteiger partial charge is 0.355 e. The molecule has 2 aromatic carbocycles. The predicted octanol–water partition coefficient (Wildman–Crippen LogP) is 3.65. The molecule has 1 atom stereocenters. The molecule has 2 N–H and O–H groups in total. The molecule has 2 aromatic rings. The molecule has 0 aromatic heterocycles. The van der Waals surface area contributed by atoms with Gasteiger partial charge < -0.3 is 10.6 Å². The third-order valence-corrected chi connectivity index (χ3v) is 5.03. The van der Waals surface area contributed by atoms with Gasteiger partial charge >= 0.3 is 0 Å². The van der Waals surface area contributed by atoms with Gasteiger partial charge in [0.1, 0.15) is 0 Å². The molecule has 1 unspecified atom stereocenters. The maximum Gasteiger partial charge on any atom is 0.227 e. The molecule has 25 heavy (non-hydrogen) atoms. The van der Waals surface area contributed by atoms with E-state index in [1.807, 2.05) is 6.07 Å². The number of carbonyl (C=O) groups is 1. The van der Waals surface area contributed by atoms with Crippen LogP contribution in [0.3, 0.4) is 0 Å². The summed E-state index contributed by atoms with van der Waals surface area (Å²) in [4.78, 5) is 13.0. The van der Waals surface area contributed by atoms with E-state index in [1.54, 1.807) is 0 Å². The van der Waals surface area contributed by atoms with Crippen LogP contribution in [0.15, 0.2) is 54.6 Å². The van der Waals surface area contributed by atoms with E-state index in [2.05, 4.69) is 73.0 Å². The molecule has 0 aliphatic carbocycles. The van der Waals surface area contributed by atoms with E-state index < -0.39 is 0 Å². The molecular formula is C22H28N2O. The Morgan fingerprint density at radius 1 is 1.12 bits per heavy atom. The van der Waals surface area contributed by atoms with Gasteiger partial charge in [0.15, 0.2) is 0 Å². The Balaban J connectivity index is 1.88. The van der Waals surface area contributed by atoms with Gasteiger partial charge in [-0.1, -0.05) is 68.4 Å². The van der Waals surface area contributed by atoms with E-state index in [9.17, 15) is 4.79 Å². The van der Waals surface area contributed by atoms with E-state index in [0.29, 0.717) is 5.92 Å².